The van der Waals surface area contributed by atoms with Crippen molar-refractivity contribution in [1.29, 1.82) is 0 Å². The highest BCUT2D eigenvalue weighted by molar-refractivity contribution is 6.18. The summed E-state index contributed by atoms with van der Waals surface area (Å²) in [6.45, 7) is 0. The molecule has 1 fully saturated rings. The van der Waals surface area contributed by atoms with Gasteiger partial charge in [-0.3, -0.25) is 9.89 Å². The second-order valence-electron chi connectivity index (χ2n) is 4.40. The van der Waals surface area contributed by atoms with Crippen LogP contribution >= 0.6 is 11.6 Å². The standard InChI is InChI=1S/C11H16ClN3O/c12-8-11(5-2-1-3-6-11)14-10(16)9-4-7-13-15-9/h4,7H,1-3,5-6,8H2,(H,13,15)(H,14,16). The zero-order chi connectivity index (χ0) is 11.4. The molecule has 1 aliphatic carbocycles. The van der Waals surface area contributed by atoms with Crippen molar-refractivity contribution >= 4 is 17.5 Å². The smallest absolute Gasteiger partial charge is 0.269 e. The molecular weight excluding hydrogens is 226 g/mol. The number of aromatic amines is 1. The van der Waals surface area contributed by atoms with Crippen LogP contribution in [-0.4, -0.2) is 27.5 Å². The molecule has 1 saturated carbocycles. The predicted octanol–water partition coefficient (Wildman–Crippen LogP) is 2.08. The van der Waals surface area contributed by atoms with Crippen molar-refractivity contribution in [3.63, 3.8) is 0 Å². The SMILES string of the molecule is O=C(NC1(CCl)CCCCC1)c1ccn[nH]1. The van der Waals surface area contributed by atoms with E-state index in [2.05, 4.69) is 15.5 Å². The number of H-pyrrole nitrogens is 1. The van der Waals surface area contributed by atoms with E-state index in [0.29, 0.717) is 11.6 Å². The van der Waals surface area contributed by atoms with Gasteiger partial charge in [0.2, 0.25) is 0 Å². The lowest BCUT2D eigenvalue weighted by atomic mass is 9.83. The molecule has 1 heterocycles. The van der Waals surface area contributed by atoms with E-state index in [1.54, 1.807) is 12.3 Å². The van der Waals surface area contributed by atoms with Gasteiger partial charge in [0.1, 0.15) is 5.69 Å². The van der Waals surface area contributed by atoms with E-state index in [-0.39, 0.29) is 11.4 Å². The first-order chi connectivity index (χ1) is 7.76. The molecule has 2 rings (SSSR count). The zero-order valence-electron chi connectivity index (χ0n) is 9.13. The number of aromatic nitrogens is 2. The van der Waals surface area contributed by atoms with Crippen molar-refractivity contribution in [3.8, 4) is 0 Å². The number of amides is 1. The molecule has 88 valence electrons. The third-order valence-electron chi connectivity index (χ3n) is 3.19. The third-order valence-corrected chi connectivity index (χ3v) is 3.70. The average molecular weight is 242 g/mol. The molecule has 0 radical (unpaired) electrons. The molecule has 5 heteroatoms. The minimum atomic E-state index is -0.220. The van der Waals surface area contributed by atoms with Crippen LogP contribution in [0.4, 0.5) is 0 Å². The van der Waals surface area contributed by atoms with Gasteiger partial charge in [0.15, 0.2) is 0 Å². The number of hydrogen-bond donors (Lipinski definition) is 2. The summed E-state index contributed by atoms with van der Waals surface area (Å²) in [5.74, 6) is 0.368. The number of carbonyl (C=O) groups is 1. The molecular formula is C11H16ClN3O. The molecule has 0 unspecified atom stereocenters. The fourth-order valence-corrected chi connectivity index (χ4v) is 2.55. The van der Waals surface area contributed by atoms with Crippen LogP contribution in [-0.2, 0) is 0 Å². The predicted molar refractivity (Wildman–Crippen MR) is 62.6 cm³/mol. The molecule has 2 N–H and O–H groups in total. The molecule has 1 aliphatic rings. The second kappa shape index (κ2) is 4.87. The van der Waals surface area contributed by atoms with Crippen LogP contribution in [0.25, 0.3) is 0 Å². The van der Waals surface area contributed by atoms with Gasteiger partial charge in [0.25, 0.3) is 5.91 Å². The molecule has 16 heavy (non-hydrogen) atoms. The first-order valence-electron chi connectivity index (χ1n) is 5.64. The van der Waals surface area contributed by atoms with Crippen molar-refractivity contribution in [2.24, 2.45) is 0 Å². The van der Waals surface area contributed by atoms with Crippen molar-refractivity contribution < 1.29 is 4.79 Å². The third kappa shape index (κ3) is 2.38. The van der Waals surface area contributed by atoms with Crippen molar-refractivity contribution in [2.45, 2.75) is 37.6 Å². The number of halogens is 1. The number of nitrogens with zero attached hydrogens (tertiary/aromatic N) is 1. The maximum absolute atomic E-state index is 11.9. The Morgan fingerprint density at radius 1 is 1.50 bits per heavy atom. The van der Waals surface area contributed by atoms with Gasteiger partial charge in [-0.15, -0.1) is 11.6 Å². The summed E-state index contributed by atoms with van der Waals surface area (Å²) in [6, 6.07) is 1.67. The summed E-state index contributed by atoms with van der Waals surface area (Å²) in [5, 5.41) is 9.47. The average Bonchev–Trinajstić information content (AvgIpc) is 2.84. The maximum Gasteiger partial charge on any atom is 0.269 e. The summed E-state index contributed by atoms with van der Waals surface area (Å²) >= 11 is 6.00. The van der Waals surface area contributed by atoms with Crippen molar-refractivity contribution in [2.75, 3.05) is 5.88 Å². The van der Waals surface area contributed by atoms with E-state index in [9.17, 15) is 4.79 Å². The Morgan fingerprint density at radius 3 is 2.81 bits per heavy atom. The van der Waals surface area contributed by atoms with E-state index >= 15 is 0 Å². The lowest BCUT2D eigenvalue weighted by Gasteiger charge is -2.36. The van der Waals surface area contributed by atoms with Crippen molar-refractivity contribution in [3.05, 3.63) is 18.0 Å². The van der Waals surface area contributed by atoms with Crippen LogP contribution in [0.5, 0.6) is 0 Å². The summed E-state index contributed by atoms with van der Waals surface area (Å²) in [4.78, 5) is 11.9. The van der Waals surface area contributed by atoms with Crippen LogP contribution in [0.1, 0.15) is 42.6 Å². The van der Waals surface area contributed by atoms with E-state index < -0.39 is 0 Å². The van der Waals surface area contributed by atoms with E-state index in [4.69, 9.17) is 11.6 Å². The lowest BCUT2D eigenvalue weighted by Crippen LogP contribution is -2.51. The van der Waals surface area contributed by atoms with Gasteiger partial charge in [0.05, 0.1) is 5.54 Å². The Labute approximate surface area is 99.8 Å². The molecule has 0 atom stereocenters. The molecule has 4 nitrogen and oxygen atoms in total. The summed E-state index contributed by atoms with van der Waals surface area (Å²) < 4.78 is 0. The molecule has 1 amide bonds. The Kier molecular flexibility index (Phi) is 3.49. The number of alkyl halides is 1. The first-order valence-corrected chi connectivity index (χ1v) is 6.17. The number of hydrogen-bond acceptors (Lipinski definition) is 2. The molecule has 1 aromatic rings. The van der Waals surface area contributed by atoms with Gasteiger partial charge in [-0.05, 0) is 18.9 Å². The summed E-state index contributed by atoms with van der Waals surface area (Å²) in [6.07, 6.45) is 7.01. The summed E-state index contributed by atoms with van der Waals surface area (Å²) in [5.41, 5.74) is 0.275. The normalized spacial score (nSPS) is 19.3. The highest BCUT2D eigenvalue weighted by atomic mass is 35.5. The number of nitrogens with one attached hydrogen (secondary N) is 2. The quantitative estimate of drug-likeness (QED) is 0.796. The Morgan fingerprint density at radius 2 is 2.25 bits per heavy atom. The molecule has 0 spiro atoms. The second-order valence-corrected chi connectivity index (χ2v) is 4.67. The fraction of sp³-hybridized carbons (Fsp3) is 0.636. The van der Waals surface area contributed by atoms with E-state index in [1.807, 2.05) is 0 Å². The van der Waals surface area contributed by atoms with Gasteiger partial charge < -0.3 is 5.32 Å². The molecule has 0 aliphatic heterocycles. The van der Waals surface area contributed by atoms with Gasteiger partial charge >= 0.3 is 0 Å². The summed E-state index contributed by atoms with van der Waals surface area (Å²) in [7, 11) is 0. The number of carbonyl (C=O) groups excluding carboxylic acids is 1. The lowest BCUT2D eigenvalue weighted by molar-refractivity contribution is 0.0879. The molecule has 0 saturated heterocycles. The molecule has 1 aromatic heterocycles. The van der Waals surface area contributed by atoms with Crippen LogP contribution in [0, 0.1) is 0 Å². The van der Waals surface area contributed by atoms with Crippen LogP contribution in [0.3, 0.4) is 0 Å². The van der Waals surface area contributed by atoms with Gasteiger partial charge in [0, 0.05) is 12.1 Å². The van der Waals surface area contributed by atoms with Gasteiger partial charge in [-0.25, -0.2) is 0 Å². The maximum atomic E-state index is 11.9. The van der Waals surface area contributed by atoms with Gasteiger partial charge in [-0.1, -0.05) is 19.3 Å². The topological polar surface area (TPSA) is 57.8 Å². The fourth-order valence-electron chi connectivity index (χ4n) is 2.21. The van der Waals surface area contributed by atoms with Crippen molar-refractivity contribution in [1.82, 2.24) is 15.5 Å². The van der Waals surface area contributed by atoms with E-state index in [0.717, 1.165) is 25.7 Å². The Balaban J connectivity index is 2.03. The van der Waals surface area contributed by atoms with E-state index in [1.165, 1.54) is 6.42 Å². The van der Waals surface area contributed by atoms with Crippen LogP contribution < -0.4 is 5.32 Å². The first kappa shape index (κ1) is 11.5. The highest BCUT2D eigenvalue weighted by Gasteiger charge is 2.33. The minimum absolute atomic E-state index is 0.111. The Hall–Kier alpha value is -1.03. The zero-order valence-corrected chi connectivity index (χ0v) is 9.89. The van der Waals surface area contributed by atoms with Gasteiger partial charge in [-0.2, -0.15) is 5.10 Å². The molecule has 0 bridgehead atoms. The largest absolute Gasteiger partial charge is 0.344 e. The Bertz CT molecular complexity index is 344. The van der Waals surface area contributed by atoms with Crippen LogP contribution in [0.2, 0.25) is 0 Å². The minimum Gasteiger partial charge on any atom is -0.344 e. The number of rotatable bonds is 3. The monoisotopic (exact) mass is 241 g/mol. The van der Waals surface area contributed by atoms with Crippen LogP contribution in [0.15, 0.2) is 12.3 Å². The molecule has 0 aromatic carbocycles. The highest BCUT2D eigenvalue weighted by Crippen LogP contribution is 2.29.